The molecule has 0 saturated carbocycles. The lowest BCUT2D eigenvalue weighted by Crippen LogP contribution is -2.50. The standard InChI is InChI=1S/C22H27N5O2/c1-16(2)24-18-6-5-10-23-21(18)25-12-14-26(15-13-25)22(28)27-11-9-17-19(27)7-4-8-20(17)29-3/h4-11,16,24H,12-15H2,1-3H3. The molecule has 0 bridgehead atoms. The third kappa shape index (κ3) is 3.72. The monoisotopic (exact) mass is 393 g/mol. The number of anilines is 2. The highest BCUT2D eigenvalue weighted by atomic mass is 16.5. The van der Waals surface area contributed by atoms with Gasteiger partial charge in [-0.25, -0.2) is 9.78 Å². The Labute approximate surface area is 170 Å². The number of pyridine rings is 1. The molecule has 4 rings (SSSR count). The van der Waals surface area contributed by atoms with E-state index in [0.29, 0.717) is 19.1 Å². The zero-order valence-corrected chi connectivity index (χ0v) is 17.1. The summed E-state index contributed by atoms with van der Waals surface area (Å²) in [6.07, 6.45) is 3.64. The van der Waals surface area contributed by atoms with Crippen molar-refractivity contribution >= 4 is 28.4 Å². The van der Waals surface area contributed by atoms with Crippen LogP contribution in [0.2, 0.25) is 0 Å². The van der Waals surface area contributed by atoms with Crippen LogP contribution in [0.25, 0.3) is 10.9 Å². The van der Waals surface area contributed by atoms with Crippen LogP contribution in [0.3, 0.4) is 0 Å². The van der Waals surface area contributed by atoms with Crippen LogP contribution in [-0.4, -0.2) is 59.8 Å². The van der Waals surface area contributed by atoms with Crippen molar-refractivity contribution < 1.29 is 9.53 Å². The summed E-state index contributed by atoms with van der Waals surface area (Å²) >= 11 is 0. The highest BCUT2D eigenvalue weighted by Gasteiger charge is 2.25. The van der Waals surface area contributed by atoms with Crippen molar-refractivity contribution in [2.75, 3.05) is 43.5 Å². The first-order valence-electron chi connectivity index (χ1n) is 9.98. The van der Waals surface area contributed by atoms with Crippen molar-refractivity contribution in [3.63, 3.8) is 0 Å². The third-order valence-electron chi connectivity index (χ3n) is 5.20. The van der Waals surface area contributed by atoms with E-state index in [-0.39, 0.29) is 6.03 Å². The summed E-state index contributed by atoms with van der Waals surface area (Å²) in [6, 6.07) is 12.0. The van der Waals surface area contributed by atoms with Crippen LogP contribution in [0, 0.1) is 0 Å². The van der Waals surface area contributed by atoms with E-state index in [1.54, 1.807) is 11.7 Å². The minimum Gasteiger partial charge on any atom is -0.496 e. The van der Waals surface area contributed by atoms with Gasteiger partial charge in [0, 0.05) is 50.0 Å². The maximum Gasteiger partial charge on any atom is 0.328 e. The third-order valence-corrected chi connectivity index (χ3v) is 5.20. The topological polar surface area (TPSA) is 62.6 Å². The molecule has 152 valence electrons. The molecular weight excluding hydrogens is 366 g/mol. The molecule has 0 unspecified atom stereocenters. The van der Waals surface area contributed by atoms with Gasteiger partial charge in [-0.2, -0.15) is 0 Å². The lowest BCUT2D eigenvalue weighted by Gasteiger charge is -2.36. The molecule has 3 aromatic rings. The maximum atomic E-state index is 13.1. The van der Waals surface area contributed by atoms with Crippen LogP contribution in [0.4, 0.5) is 16.3 Å². The average Bonchev–Trinajstić information content (AvgIpc) is 3.17. The van der Waals surface area contributed by atoms with E-state index in [1.807, 2.05) is 47.6 Å². The van der Waals surface area contributed by atoms with Gasteiger partial charge >= 0.3 is 6.03 Å². The van der Waals surface area contributed by atoms with Crippen LogP contribution in [0.1, 0.15) is 13.8 Å². The average molecular weight is 393 g/mol. The second kappa shape index (κ2) is 8.03. The second-order valence-electron chi connectivity index (χ2n) is 7.51. The Morgan fingerprint density at radius 3 is 2.62 bits per heavy atom. The first-order chi connectivity index (χ1) is 14.1. The predicted octanol–water partition coefficient (Wildman–Crippen LogP) is 3.66. The van der Waals surface area contributed by atoms with E-state index >= 15 is 0 Å². The molecule has 29 heavy (non-hydrogen) atoms. The zero-order valence-electron chi connectivity index (χ0n) is 17.1. The minimum atomic E-state index is -0.00514. The van der Waals surface area contributed by atoms with Gasteiger partial charge in [0.1, 0.15) is 5.75 Å². The molecule has 1 aliphatic heterocycles. The lowest BCUT2D eigenvalue weighted by atomic mass is 10.2. The fourth-order valence-electron chi connectivity index (χ4n) is 3.82. The van der Waals surface area contributed by atoms with Crippen molar-refractivity contribution in [3.8, 4) is 5.75 Å². The zero-order chi connectivity index (χ0) is 20.4. The van der Waals surface area contributed by atoms with Gasteiger partial charge in [-0.1, -0.05) is 6.07 Å². The number of hydrogen-bond donors (Lipinski definition) is 1. The summed E-state index contributed by atoms with van der Waals surface area (Å²) < 4.78 is 7.12. The van der Waals surface area contributed by atoms with E-state index in [9.17, 15) is 4.79 Å². The molecule has 1 N–H and O–H groups in total. The number of nitrogens with zero attached hydrogens (tertiary/aromatic N) is 4. The molecule has 0 aliphatic carbocycles. The summed E-state index contributed by atoms with van der Waals surface area (Å²) in [5, 5.41) is 4.40. The first-order valence-corrected chi connectivity index (χ1v) is 9.98. The molecule has 2 aromatic heterocycles. The highest BCUT2D eigenvalue weighted by Crippen LogP contribution is 2.28. The Bertz CT molecular complexity index is 1010. The number of rotatable bonds is 4. The number of fused-ring (bicyclic) bond motifs is 1. The summed E-state index contributed by atoms with van der Waals surface area (Å²) in [7, 11) is 1.65. The number of aromatic nitrogens is 2. The van der Waals surface area contributed by atoms with Crippen molar-refractivity contribution in [3.05, 3.63) is 48.8 Å². The molecular formula is C22H27N5O2. The van der Waals surface area contributed by atoms with Gasteiger partial charge in [0.05, 0.1) is 18.3 Å². The van der Waals surface area contributed by atoms with Gasteiger partial charge in [0.15, 0.2) is 5.82 Å². The van der Waals surface area contributed by atoms with Crippen LogP contribution in [0.5, 0.6) is 5.75 Å². The van der Waals surface area contributed by atoms with E-state index in [2.05, 4.69) is 35.1 Å². The number of methoxy groups -OCH3 is 1. The summed E-state index contributed by atoms with van der Waals surface area (Å²) in [5.41, 5.74) is 1.90. The number of hydrogen-bond acceptors (Lipinski definition) is 5. The first kappa shape index (κ1) is 19.1. The van der Waals surface area contributed by atoms with Crippen LogP contribution in [0.15, 0.2) is 48.8 Å². The summed E-state index contributed by atoms with van der Waals surface area (Å²) in [5.74, 6) is 1.73. The molecule has 1 aliphatic rings. The molecule has 1 amide bonds. The SMILES string of the molecule is COc1cccc2c1ccn2C(=O)N1CCN(c2ncccc2NC(C)C)CC1. The maximum absolute atomic E-state index is 13.1. The molecule has 0 spiro atoms. The van der Waals surface area contributed by atoms with E-state index in [4.69, 9.17) is 4.74 Å². The minimum absolute atomic E-state index is 0.00514. The van der Waals surface area contributed by atoms with Crippen molar-refractivity contribution in [1.29, 1.82) is 0 Å². The fourth-order valence-corrected chi connectivity index (χ4v) is 3.82. The molecule has 1 fully saturated rings. The molecule has 7 nitrogen and oxygen atoms in total. The quantitative estimate of drug-likeness (QED) is 0.733. The van der Waals surface area contributed by atoms with E-state index in [1.165, 1.54) is 0 Å². The molecule has 0 radical (unpaired) electrons. The largest absolute Gasteiger partial charge is 0.496 e. The van der Waals surface area contributed by atoms with Crippen LogP contribution >= 0.6 is 0 Å². The molecule has 0 atom stereocenters. The number of amides is 1. The van der Waals surface area contributed by atoms with Crippen molar-refractivity contribution in [2.45, 2.75) is 19.9 Å². The van der Waals surface area contributed by atoms with E-state index < -0.39 is 0 Å². The Morgan fingerprint density at radius 1 is 1.10 bits per heavy atom. The smallest absolute Gasteiger partial charge is 0.328 e. The van der Waals surface area contributed by atoms with Gasteiger partial charge in [0.2, 0.25) is 0 Å². The van der Waals surface area contributed by atoms with Gasteiger partial charge in [-0.3, -0.25) is 4.57 Å². The Balaban J connectivity index is 1.49. The number of nitrogens with one attached hydrogen (secondary N) is 1. The number of ether oxygens (including phenoxy) is 1. The van der Waals surface area contributed by atoms with Gasteiger partial charge < -0.3 is 19.9 Å². The molecule has 1 aromatic carbocycles. The van der Waals surface area contributed by atoms with E-state index in [0.717, 1.165) is 41.2 Å². The molecule has 7 heteroatoms. The Morgan fingerprint density at radius 2 is 1.90 bits per heavy atom. The Hall–Kier alpha value is -3.22. The normalized spacial score (nSPS) is 14.5. The van der Waals surface area contributed by atoms with Crippen LogP contribution in [-0.2, 0) is 0 Å². The van der Waals surface area contributed by atoms with Crippen molar-refractivity contribution in [1.82, 2.24) is 14.5 Å². The van der Waals surface area contributed by atoms with Crippen LogP contribution < -0.4 is 15.0 Å². The number of carbonyl (C=O) groups excluding carboxylic acids is 1. The predicted molar refractivity (Wildman–Crippen MR) is 116 cm³/mol. The molecule has 1 saturated heterocycles. The Kier molecular flexibility index (Phi) is 5.29. The molecule has 3 heterocycles. The number of carbonyl (C=O) groups is 1. The fraction of sp³-hybridized carbons (Fsp3) is 0.364. The second-order valence-corrected chi connectivity index (χ2v) is 7.51. The number of piperazine rings is 1. The van der Waals surface area contributed by atoms with Gasteiger partial charge in [-0.15, -0.1) is 0 Å². The lowest BCUT2D eigenvalue weighted by molar-refractivity contribution is 0.197. The number of benzene rings is 1. The summed E-state index contributed by atoms with van der Waals surface area (Å²) in [6.45, 7) is 7.03. The van der Waals surface area contributed by atoms with Gasteiger partial charge in [-0.05, 0) is 44.2 Å². The van der Waals surface area contributed by atoms with Crippen molar-refractivity contribution in [2.24, 2.45) is 0 Å². The highest BCUT2D eigenvalue weighted by molar-refractivity contribution is 5.94. The summed E-state index contributed by atoms with van der Waals surface area (Å²) in [4.78, 5) is 21.8. The van der Waals surface area contributed by atoms with Gasteiger partial charge in [0.25, 0.3) is 0 Å².